The lowest BCUT2D eigenvalue weighted by Crippen LogP contribution is -2.59. The molecule has 21 heavy (non-hydrogen) atoms. The summed E-state index contributed by atoms with van der Waals surface area (Å²) >= 11 is 19.2. The molecule has 1 aliphatic rings. The maximum Gasteiger partial charge on any atom is 0.238 e. The van der Waals surface area contributed by atoms with E-state index in [1.807, 2.05) is 0 Å². The Kier molecular flexibility index (Phi) is 8.28. The quantitative estimate of drug-likeness (QED) is 0.223. The van der Waals surface area contributed by atoms with Gasteiger partial charge in [-0.25, -0.2) is 0 Å². The minimum atomic E-state index is -1.15. The number of nitrogens with one attached hydrogen (secondary N) is 1. The number of guanidine groups is 2. The molecule has 0 amide bonds. The van der Waals surface area contributed by atoms with Gasteiger partial charge in [0.2, 0.25) is 11.1 Å². The van der Waals surface area contributed by atoms with E-state index < -0.39 is 5.12 Å². The second kappa shape index (κ2) is 8.92. The van der Waals surface area contributed by atoms with Crippen molar-refractivity contribution in [3.63, 3.8) is 0 Å². The Morgan fingerprint density at radius 2 is 1.81 bits per heavy atom. The molecule has 4 atom stereocenters. The molecule has 4 unspecified atom stereocenters. The van der Waals surface area contributed by atoms with Crippen molar-refractivity contribution in [2.45, 2.75) is 33.7 Å². The Morgan fingerprint density at radius 3 is 2.33 bits per heavy atom. The summed E-state index contributed by atoms with van der Waals surface area (Å²) in [5, 5.41) is 1.87. The Bertz CT molecular complexity index is 405. The van der Waals surface area contributed by atoms with Gasteiger partial charge in [-0.15, -0.1) is 0 Å². The van der Waals surface area contributed by atoms with E-state index in [4.69, 9.17) is 17.2 Å². The number of nitrogens with zero attached hydrogens (tertiary/aromatic N) is 2. The second-order valence-electron chi connectivity index (χ2n) is 4.53. The van der Waals surface area contributed by atoms with Gasteiger partial charge in [-0.05, 0) is 24.3 Å². The summed E-state index contributed by atoms with van der Waals surface area (Å²) in [6.45, 7) is 0. The maximum atomic E-state index is 6.21. The van der Waals surface area contributed by atoms with Gasteiger partial charge in [0.15, 0.2) is 5.96 Å². The number of hydrogen-bond donors (Lipinski definition) is 8. The van der Waals surface area contributed by atoms with Crippen LogP contribution in [0.1, 0.15) is 12.8 Å². The summed E-state index contributed by atoms with van der Waals surface area (Å²) in [4.78, 5) is 7.93. The summed E-state index contributed by atoms with van der Waals surface area (Å²) in [7, 11) is 0. The van der Waals surface area contributed by atoms with E-state index in [0.717, 1.165) is 18.6 Å². The zero-order chi connectivity index (χ0) is 16.0. The molecule has 6 nitrogen and oxygen atoms in total. The zero-order valence-corrected chi connectivity index (χ0v) is 15.8. The third-order valence-electron chi connectivity index (χ3n) is 2.77. The van der Waals surface area contributed by atoms with Crippen molar-refractivity contribution < 1.29 is 0 Å². The standard InChI is InChI=1S/C10H22N6S5/c11-8-14-9(12)16-10(13,15-8)21-6(2-4-18)7(20)5(19)1-3-17/h5-7,17-20H,1-4,13H2,(H5,11,12,14,15,16). The SMILES string of the molecule is NC1=NC(N)(SC(CCS)C(S)C(S)CCS)NC(N)=N1. The van der Waals surface area contributed by atoms with Gasteiger partial charge < -0.3 is 16.8 Å². The Hall–Kier alpha value is 0.450. The summed E-state index contributed by atoms with van der Waals surface area (Å²) in [6, 6.07) is 0. The summed E-state index contributed by atoms with van der Waals surface area (Å²) in [5.41, 5.74) is 17.5. The minimum Gasteiger partial charge on any atom is -0.369 e. The minimum absolute atomic E-state index is 0.0105. The van der Waals surface area contributed by atoms with Crippen LogP contribution in [0.3, 0.4) is 0 Å². The van der Waals surface area contributed by atoms with Gasteiger partial charge in [0, 0.05) is 15.7 Å². The van der Waals surface area contributed by atoms with Crippen molar-refractivity contribution in [3.05, 3.63) is 0 Å². The van der Waals surface area contributed by atoms with E-state index in [1.165, 1.54) is 11.8 Å². The van der Waals surface area contributed by atoms with E-state index in [1.54, 1.807) is 0 Å². The molecule has 0 saturated carbocycles. The lowest BCUT2D eigenvalue weighted by Gasteiger charge is -2.35. The summed E-state index contributed by atoms with van der Waals surface area (Å²) in [5.74, 6) is 1.66. The molecule has 0 aromatic rings. The first kappa shape index (κ1) is 19.5. The molecule has 0 saturated heterocycles. The van der Waals surface area contributed by atoms with E-state index in [2.05, 4.69) is 65.8 Å². The molecule has 0 aromatic carbocycles. The molecule has 0 fully saturated rings. The molecule has 0 radical (unpaired) electrons. The Labute approximate surface area is 151 Å². The average Bonchev–Trinajstić information content (AvgIpc) is 2.35. The van der Waals surface area contributed by atoms with Crippen LogP contribution in [0.15, 0.2) is 9.98 Å². The molecule has 11 heteroatoms. The number of hydrogen-bond acceptors (Lipinski definition) is 11. The van der Waals surface area contributed by atoms with Crippen molar-refractivity contribution in [1.29, 1.82) is 0 Å². The van der Waals surface area contributed by atoms with Crippen LogP contribution in [0.25, 0.3) is 0 Å². The van der Waals surface area contributed by atoms with Gasteiger partial charge in [0.1, 0.15) is 0 Å². The number of aliphatic imine (C=N–C) groups is 2. The molecule has 122 valence electrons. The van der Waals surface area contributed by atoms with Crippen molar-refractivity contribution in [2.75, 3.05) is 11.5 Å². The highest BCUT2D eigenvalue weighted by Crippen LogP contribution is 2.34. The van der Waals surface area contributed by atoms with E-state index in [0.29, 0.717) is 5.75 Å². The lowest BCUT2D eigenvalue weighted by molar-refractivity contribution is 0.581. The summed E-state index contributed by atoms with van der Waals surface area (Å²) < 4.78 is 0. The number of rotatable bonds is 8. The predicted molar refractivity (Wildman–Crippen MR) is 107 cm³/mol. The fourth-order valence-corrected chi connectivity index (χ4v) is 5.03. The third kappa shape index (κ3) is 6.22. The molecular formula is C10H22N6S5. The fraction of sp³-hybridized carbons (Fsp3) is 0.800. The van der Waals surface area contributed by atoms with Crippen LogP contribution in [0.2, 0.25) is 0 Å². The van der Waals surface area contributed by atoms with Crippen LogP contribution >= 0.6 is 62.3 Å². The molecule has 0 bridgehead atoms. The fourth-order valence-electron chi connectivity index (χ4n) is 1.82. The Balaban J connectivity index is 2.80. The third-order valence-corrected chi connectivity index (χ3v) is 6.40. The molecule has 0 spiro atoms. The second-order valence-corrected chi connectivity index (χ2v) is 8.14. The first-order valence-corrected chi connectivity index (χ1v) is 9.51. The molecule has 7 N–H and O–H groups in total. The molecule has 0 aliphatic carbocycles. The van der Waals surface area contributed by atoms with Crippen LogP contribution in [0.4, 0.5) is 0 Å². The van der Waals surface area contributed by atoms with Crippen LogP contribution in [0.5, 0.6) is 0 Å². The summed E-state index contributed by atoms with van der Waals surface area (Å²) in [6.07, 6.45) is 1.66. The highest BCUT2D eigenvalue weighted by atomic mass is 32.2. The number of thioether (sulfide) groups is 1. The van der Waals surface area contributed by atoms with Crippen LogP contribution in [-0.4, -0.2) is 44.3 Å². The van der Waals surface area contributed by atoms with Crippen LogP contribution in [-0.2, 0) is 0 Å². The van der Waals surface area contributed by atoms with Gasteiger partial charge in [-0.1, -0.05) is 11.8 Å². The van der Waals surface area contributed by atoms with Crippen molar-refractivity contribution in [3.8, 4) is 0 Å². The highest BCUT2D eigenvalue weighted by Gasteiger charge is 2.36. The normalized spacial score (nSPS) is 26.3. The Morgan fingerprint density at radius 1 is 1.19 bits per heavy atom. The smallest absolute Gasteiger partial charge is 0.238 e. The maximum absolute atomic E-state index is 6.21. The first-order chi connectivity index (χ1) is 9.81. The van der Waals surface area contributed by atoms with Gasteiger partial charge in [0.05, 0.1) is 0 Å². The molecule has 1 heterocycles. The van der Waals surface area contributed by atoms with Gasteiger partial charge in [-0.3, -0.25) is 5.73 Å². The highest BCUT2D eigenvalue weighted by molar-refractivity contribution is 8.02. The van der Waals surface area contributed by atoms with Gasteiger partial charge in [-0.2, -0.15) is 60.5 Å². The van der Waals surface area contributed by atoms with E-state index in [-0.39, 0.29) is 27.7 Å². The largest absolute Gasteiger partial charge is 0.369 e. The molecule has 1 aliphatic heterocycles. The lowest BCUT2D eigenvalue weighted by atomic mass is 10.1. The molecule has 0 aromatic heterocycles. The van der Waals surface area contributed by atoms with Crippen LogP contribution in [0, 0.1) is 0 Å². The predicted octanol–water partition coefficient (Wildman–Crippen LogP) is 0.127. The van der Waals surface area contributed by atoms with Gasteiger partial charge >= 0.3 is 0 Å². The van der Waals surface area contributed by atoms with Crippen molar-refractivity contribution in [2.24, 2.45) is 27.2 Å². The number of thiol groups is 4. The van der Waals surface area contributed by atoms with Crippen LogP contribution < -0.4 is 22.5 Å². The average molecular weight is 387 g/mol. The zero-order valence-electron chi connectivity index (χ0n) is 11.4. The van der Waals surface area contributed by atoms with E-state index in [9.17, 15) is 0 Å². The first-order valence-electron chi connectivity index (χ1n) is 6.33. The topological polar surface area (TPSA) is 115 Å². The molecule has 1 rings (SSSR count). The molecular weight excluding hydrogens is 364 g/mol. The van der Waals surface area contributed by atoms with Gasteiger partial charge in [0.25, 0.3) is 0 Å². The van der Waals surface area contributed by atoms with Crippen molar-refractivity contribution >= 4 is 74.2 Å². The van der Waals surface area contributed by atoms with E-state index >= 15 is 0 Å². The van der Waals surface area contributed by atoms with Crippen molar-refractivity contribution in [1.82, 2.24) is 5.32 Å². The number of nitrogens with two attached hydrogens (primary N) is 3. The monoisotopic (exact) mass is 386 g/mol.